The lowest BCUT2D eigenvalue weighted by molar-refractivity contribution is 0.337. The molecule has 1 saturated heterocycles. The number of ether oxygens (including phenoxy) is 1. The maximum absolute atomic E-state index is 5.56. The molecule has 16 heavy (non-hydrogen) atoms. The average molecular weight is 219 g/mol. The molecular formula is C14H21NO. The molecule has 1 N–H and O–H groups in total. The van der Waals surface area contributed by atoms with E-state index >= 15 is 0 Å². The third-order valence-electron chi connectivity index (χ3n) is 3.27. The molecule has 1 fully saturated rings. The van der Waals surface area contributed by atoms with Crippen LogP contribution in [0.2, 0.25) is 0 Å². The second-order valence-corrected chi connectivity index (χ2v) is 4.50. The zero-order valence-corrected chi connectivity index (χ0v) is 10.3. The number of hydrogen-bond donors (Lipinski definition) is 1. The molecule has 2 rings (SSSR count). The summed E-state index contributed by atoms with van der Waals surface area (Å²) in [5, 5.41) is 3.46. The Hall–Kier alpha value is -1.02. The van der Waals surface area contributed by atoms with E-state index in [2.05, 4.69) is 30.4 Å². The molecule has 1 aliphatic rings. The van der Waals surface area contributed by atoms with Gasteiger partial charge in [0.2, 0.25) is 0 Å². The molecule has 0 amide bonds. The molecule has 0 aromatic heterocycles. The van der Waals surface area contributed by atoms with Gasteiger partial charge in [0.15, 0.2) is 0 Å². The van der Waals surface area contributed by atoms with Crippen molar-refractivity contribution in [1.29, 1.82) is 0 Å². The Morgan fingerprint density at radius 2 is 2.31 bits per heavy atom. The third kappa shape index (κ3) is 2.56. The Bertz CT molecular complexity index is 343. The molecule has 0 radical (unpaired) electrons. The van der Waals surface area contributed by atoms with Crippen molar-refractivity contribution < 1.29 is 4.74 Å². The van der Waals surface area contributed by atoms with Gasteiger partial charge in [-0.05, 0) is 56.3 Å². The summed E-state index contributed by atoms with van der Waals surface area (Å²) in [6, 6.07) is 6.61. The number of benzene rings is 1. The van der Waals surface area contributed by atoms with Gasteiger partial charge in [-0.25, -0.2) is 0 Å². The normalized spacial score (nSPS) is 20.8. The molecule has 0 aliphatic carbocycles. The van der Waals surface area contributed by atoms with Gasteiger partial charge < -0.3 is 10.1 Å². The Morgan fingerprint density at radius 3 is 2.94 bits per heavy atom. The molecule has 0 saturated carbocycles. The zero-order chi connectivity index (χ0) is 11.4. The van der Waals surface area contributed by atoms with Gasteiger partial charge in [-0.2, -0.15) is 0 Å². The van der Waals surface area contributed by atoms with Gasteiger partial charge in [0.05, 0.1) is 6.61 Å². The van der Waals surface area contributed by atoms with E-state index in [9.17, 15) is 0 Å². The van der Waals surface area contributed by atoms with Gasteiger partial charge in [-0.3, -0.25) is 0 Å². The van der Waals surface area contributed by atoms with Crippen LogP contribution in [0.5, 0.6) is 5.75 Å². The Morgan fingerprint density at radius 1 is 1.44 bits per heavy atom. The molecule has 88 valence electrons. The van der Waals surface area contributed by atoms with Crippen LogP contribution in [0.1, 0.15) is 36.8 Å². The Balaban J connectivity index is 2.13. The summed E-state index contributed by atoms with van der Waals surface area (Å²) in [6.07, 6.45) is 2.59. The van der Waals surface area contributed by atoms with E-state index in [1.165, 1.54) is 30.5 Å². The molecule has 1 atom stereocenters. The summed E-state index contributed by atoms with van der Waals surface area (Å²) >= 11 is 0. The van der Waals surface area contributed by atoms with E-state index in [1.54, 1.807) is 0 Å². The number of hydrogen-bond acceptors (Lipinski definition) is 2. The van der Waals surface area contributed by atoms with Gasteiger partial charge in [0, 0.05) is 6.54 Å². The summed E-state index contributed by atoms with van der Waals surface area (Å²) in [5.74, 6) is 1.71. The van der Waals surface area contributed by atoms with Crippen LogP contribution in [0.4, 0.5) is 0 Å². The van der Waals surface area contributed by atoms with Crippen LogP contribution in [0.3, 0.4) is 0 Å². The molecular weight excluding hydrogens is 198 g/mol. The van der Waals surface area contributed by atoms with Crippen LogP contribution in [-0.2, 0) is 0 Å². The van der Waals surface area contributed by atoms with Crippen molar-refractivity contribution in [2.75, 3.05) is 19.7 Å². The van der Waals surface area contributed by atoms with Gasteiger partial charge >= 0.3 is 0 Å². The fraction of sp³-hybridized carbons (Fsp3) is 0.571. The molecule has 1 aromatic carbocycles. The molecule has 0 bridgehead atoms. The highest BCUT2D eigenvalue weighted by atomic mass is 16.5. The number of piperidine rings is 1. The highest BCUT2D eigenvalue weighted by molar-refractivity contribution is 5.37. The standard InChI is InChI=1S/C14H21NO/c1-3-16-14-7-6-12(9-11(14)2)13-5-4-8-15-10-13/h6-7,9,13,15H,3-5,8,10H2,1-2H3. The summed E-state index contributed by atoms with van der Waals surface area (Å²) < 4.78 is 5.56. The summed E-state index contributed by atoms with van der Waals surface area (Å²) in [7, 11) is 0. The van der Waals surface area contributed by atoms with Crippen molar-refractivity contribution in [3.05, 3.63) is 29.3 Å². The van der Waals surface area contributed by atoms with Crippen molar-refractivity contribution in [2.24, 2.45) is 0 Å². The molecule has 1 aromatic rings. The van der Waals surface area contributed by atoms with Gasteiger partial charge in [0.25, 0.3) is 0 Å². The average Bonchev–Trinajstić information content (AvgIpc) is 2.33. The first kappa shape index (κ1) is 11.5. The predicted octanol–water partition coefficient (Wildman–Crippen LogP) is 2.86. The topological polar surface area (TPSA) is 21.3 Å². The van der Waals surface area contributed by atoms with Crippen LogP contribution < -0.4 is 10.1 Å². The molecule has 0 spiro atoms. The van der Waals surface area contributed by atoms with E-state index in [0.717, 1.165) is 18.9 Å². The molecule has 1 unspecified atom stereocenters. The highest BCUT2D eigenvalue weighted by Crippen LogP contribution is 2.27. The van der Waals surface area contributed by atoms with E-state index < -0.39 is 0 Å². The monoisotopic (exact) mass is 219 g/mol. The molecule has 1 aliphatic heterocycles. The number of nitrogens with one attached hydrogen (secondary N) is 1. The van der Waals surface area contributed by atoms with Gasteiger partial charge in [-0.15, -0.1) is 0 Å². The SMILES string of the molecule is CCOc1ccc(C2CCCNC2)cc1C. The van der Waals surface area contributed by atoms with E-state index in [1.807, 2.05) is 6.92 Å². The maximum Gasteiger partial charge on any atom is 0.122 e. The van der Waals surface area contributed by atoms with Gasteiger partial charge in [0.1, 0.15) is 5.75 Å². The van der Waals surface area contributed by atoms with Crippen LogP contribution >= 0.6 is 0 Å². The second-order valence-electron chi connectivity index (χ2n) is 4.50. The smallest absolute Gasteiger partial charge is 0.122 e. The second kappa shape index (κ2) is 5.35. The molecule has 2 heteroatoms. The fourth-order valence-electron chi connectivity index (χ4n) is 2.38. The summed E-state index contributed by atoms with van der Waals surface area (Å²) in [4.78, 5) is 0. The lowest BCUT2D eigenvalue weighted by Gasteiger charge is -2.23. The van der Waals surface area contributed by atoms with Crippen molar-refractivity contribution in [3.8, 4) is 5.75 Å². The van der Waals surface area contributed by atoms with Crippen LogP contribution in [0, 0.1) is 6.92 Å². The van der Waals surface area contributed by atoms with Crippen molar-refractivity contribution in [1.82, 2.24) is 5.32 Å². The van der Waals surface area contributed by atoms with Crippen molar-refractivity contribution in [2.45, 2.75) is 32.6 Å². The number of aryl methyl sites for hydroxylation is 1. The van der Waals surface area contributed by atoms with Crippen molar-refractivity contribution in [3.63, 3.8) is 0 Å². The first-order chi connectivity index (χ1) is 7.81. The maximum atomic E-state index is 5.56. The minimum Gasteiger partial charge on any atom is -0.494 e. The largest absolute Gasteiger partial charge is 0.494 e. The van der Waals surface area contributed by atoms with E-state index in [4.69, 9.17) is 4.74 Å². The highest BCUT2D eigenvalue weighted by Gasteiger charge is 2.15. The molecule has 2 nitrogen and oxygen atoms in total. The summed E-state index contributed by atoms with van der Waals surface area (Å²) in [5.41, 5.74) is 2.71. The fourth-order valence-corrected chi connectivity index (χ4v) is 2.38. The van der Waals surface area contributed by atoms with E-state index in [-0.39, 0.29) is 0 Å². The number of rotatable bonds is 3. The van der Waals surface area contributed by atoms with Gasteiger partial charge in [-0.1, -0.05) is 12.1 Å². The van der Waals surface area contributed by atoms with Crippen LogP contribution in [0.25, 0.3) is 0 Å². The summed E-state index contributed by atoms with van der Waals surface area (Å²) in [6.45, 7) is 7.19. The Labute approximate surface area is 98.0 Å². The first-order valence-corrected chi connectivity index (χ1v) is 6.25. The van der Waals surface area contributed by atoms with Crippen LogP contribution in [-0.4, -0.2) is 19.7 Å². The minimum absolute atomic E-state index is 0.683. The van der Waals surface area contributed by atoms with E-state index in [0.29, 0.717) is 5.92 Å². The lowest BCUT2D eigenvalue weighted by atomic mass is 9.91. The zero-order valence-electron chi connectivity index (χ0n) is 10.3. The molecule has 1 heterocycles. The van der Waals surface area contributed by atoms with Crippen LogP contribution in [0.15, 0.2) is 18.2 Å². The minimum atomic E-state index is 0.683. The predicted molar refractivity (Wildman–Crippen MR) is 67.2 cm³/mol. The third-order valence-corrected chi connectivity index (χ3v) is 3.27. The quantitative estimate of drug-likeness (QED) is 0.844. The Kier molecular flexibility index (Phi) is 3.83. The van der Waals surface area contributed by atoms with Crippen molar-refractivity contribution >= 4 is 0 Å². The lowest BCUT2D eigenvalue weighted by Crippen LogP contribution is -2.28. The first-order valence-electron chi connectivity index (χ1n) is 6.25.